The molecule has 3 rings (SSSR count). The van der Waals surface area contributed by atoms with E-state index in [1.165, 1.54) is 0 Å². The molecule has 2 aromatic carbocycles. The number of aryl methyl sites for hydroxylation is 1. The summed E-state index contributed by atoms with van der Waals surface area (Å²) >= 11 is 12.2. The molecule has 1 heterocycles. The predicted molar refractivity (Wildman–Crippen MR) is 124 cm³/mol. The molecule has 0 bridgehead atoms. The third-order valence-electron chi connectivity index (χ3n) is 4.56. The number of benzene rings is 2. The highest BCUT2D eigenvalue weighted by Crippen LogP contribution is 2.29. The van der Waals surface area contributed by atoms with Crippen LogP contribution in [-0.4, -0.2) is 28.9 Å². The summed E-state index contributed by atoms with van der Waals surface area (Å²) in [5.41, 5.74) is 2.63. The van der Waals surface area contributed by atoms with Crippen LogP contribution in [0.2, 0.25) is 10.0 Å². The van der Waals surface area contributed by atoms with Crippen LogP contribution in [0.25, 0.3) is 0 Å². The van der Waals surface area contributed by atoms with Crippen LogP contribution in [0.1, 0.15) is 30.7 Å². The highest BCUT2D eigenvalue weighted by molar-refractivity contribution is 6.35. The molecule has 0 spiro atoms. The van der Waals surface area contributed by atoms with Crippen LogP contribution in [0.3, 0.4) is 0 Å². The lowest BCUT2D eigenvalue weighted by molar-refractivity contribution is -0.115. The topological polar surface area (TPSA) is 65.4 Å². The molecule has 0 aliphatic heterocycles. The summed E-state index contributed by atoms with van der Waals surface area (Å²) in [5, 5.41) is 8.50. The van der Waals surface area contributed by atoms with Gasteiger partial charge >= 0.3 is 0 Å². The van der Waals surface area contributed by atoms with Gasteiger partial charge in [0, 0.05) is 21.8 Å². The first-order chi connectivity index (χ1) is 14.9. The van der Waals surface area contributed by atoms with Crippen molar-refractivity contribution in [3.63, 3.8) is 0 Å². The Kier molecular flexibility index (Phi) is 7.82. The van der Waals surface area contributed by atoms with Crippen LogP contribution >= 0.6 is 23.2 Å². The third-order valence-corrected chi connectivity index (χ3v) is 5.14. The SMILES string of the molecule is CCOc1ccc(CC(=O)Nc2cc(C)n(Cc3ccc(Cl)cc3Cl)n2)cc1OCC. The number of ether oxygens (including phenoxy) is 2. The fraction of sp³-hybridized carbons (Fsp3) is 0.304. The minimum Gasteiger partial charge on any atom is -0.490 e. The molecule has 0 radical (unpaired) electrons. The summed E-state index contributed by atoms with van der Waals surface area (Å²) in [7, 11) is 0. The normalized spacial score (nSPS) is 10.7. The molecule has 0 aliphatic rings. The summed E-state index contributed by atoms with van der Waals surface area (Å²) in [6, 6.07) is 12.7. The maximum atomic E-state index is 12.6. The second-order valence-electron chi connectivity index (χ2n) is 6.94. The molecular weight excluding hydrogens is 437 g/mol. The molecule has 6 nitrogen and oxygen atoms in total. The Morgan fingerprint density at radius 3 is 2.48 bits per heavy atom. The second-order valence-corrected chi connectivity index (χ2v) is 7.78. The molecule has 8 heteroatoms. The van der Waals surface area contributed by atoms with E-state index in [0.29, 0.717) is 47.1 Å². The minimum atomic E-state index is -0.166. The van der Waals surface area contributed by atoms with E-state index >= 15 is 0 Å². The molecule has 31 heavy (non-hydrogen) atoms. The van der Waals surface area contributed by atoms with Crippen molar-refractivity contribution in [1.82, 2.24) is 9.78 Å². The molecule has 0 aliphatic carbocycles. The Bertz CT molecular complexity index is 1070. The van der Waals surface area contributed by atoms with Gasteiger partial charge in [-0.25, -0.2) is 0 Å². The Balaban J connectivity index is 1.67. The van der Waals surface area contributed by atoms with Crippen molar-refractivity contribution in [2.24, 2.45) is 0 Å². The van der Waals surface area contributed by atoms with Crippen LogP contribution in [0.5, 0.6) is 11.5 Å². The Morgan fingerprint density at radius 1 is 1.03 bits per heavy atom. The number of hydrogen-bond acceptors (Lipinski definition) is 4. The van der Waals surface area contributed by atoms with E-state index in [-0.39, 0.29) is 12.3 Å². The van der Waals surface area contributed by atoms with Gasteiger partial charge in [0.2, 0.25) is 5.91 Å². The van der Waals surface area contributed by atoms with Crippen LogP contribution in [0.4, 0.5) is 5.82 Å². The van der Waals surface area contributed by atoms with Gasteiger partial charge in [0.15, 0.2) is 17.3 Å². The highest BCUT2D eigenvalue weighted by Gasteiger charge is 2.13. The number of carbonyl (C=O) groups is 1. The molecular formula is C23H25Cl2N3O3. The zero-order valence-electron chi connectivity index (χ0n) is 17.7. The van der Waals surface area contributed by atoms with Gasteiger partial charge in [-0.05, 0) is 56.2 Å². The quantitative estimate of drug-likeness (QED) is 0.455. The molecule has 1 N–H and O–H groups in total. The van der Waals surface area contributed by atoms with Gasteiger partial charge in [-0.2, -0.15) is 5.10 Å². The number of amides is 1. The third kappa shape index (κ3) is 6.15. The first-order valence-electron chi connectivity index (χ1n) is 10.1. The number of nitrogens with zero attached hydrogens (tertiary/aromatic N) is 2. The average Bonchev–Trinajstić information content (AvgIpc) is 3.05. The van der Waals surface area contributed by atoms with E-state index in [1.807, 2.05) is 51.1 Å². The predicted octanol–water partition coefficient (Wildman–Crippen LogP) is 5.53. The molecule has 0 unspecified atom stereocenters. The molecule has 3 aromatic rings. The Morgan fingerprint density at radius 2 is 1.77 bits per heavy atom. The van der Waals surface area contributed by atoms with E-state index in [4.69, 9.17) is 32.7 Å². The lowest BCUT2D eigenvalue weighted by Gasteiger charge is -2.12. The fourth-order valence-electron chi connectivity index (χ4n) is 3.12. The maximum Gasteiger partial charge on any atom is 0.229 e. The van der Waals surface area contributed by atoms with Gasteiger partial charge < -0.3 is 14.8 Å². The summed E-state index contributed by atoms with van der Waals surface area (Å²) in [6.45, 7) is 7.29. The van der Waals surface area contributed by atoms with Crippen LogP contribution < -0.4 is 14.8 Å². The lowest BCUT2D eigenvalue weighted by atomic mass is 10.1. The maximum absolute atomic E-state index is 12.6. The van der Waals surface area contributed by atoms with Gasteiger partial charge in [0.25, 0.3) is 0 Å². The van der Waals surface area contributed by atoms with Crippen LogP contribution in [0.15, 0.2) is 42.5 Å². The average molecular weight is 462 g/mol. The number of carbonyl (C=O) groups excluding carboxylic acids is 1. The largest absolute Gasteiger partial charge is 0.490 e. The zero-order chi connectivity index (χ0) is 22.4. The van der Waals surface area contributed by atoms with Crippen LogP contribution in [0, 0.1) is 6.92 Å². The summed E-state index contributed by atoms with van der Waals surface area (Å²) in [6.07, 6.45) is 0.196. The van der Waals surface area contributed by atoms with E-state index in [1.54, 1.807) is 16.8 Å². The molecule has 0 atom stereocenters. The molecule has 164 valence electrons. The number of anilines is 1. The standard InChI is InChI=1S/C23H25Cl2N3O3/c1-4-30-20-9-6-16(11-21(20)31-5-2)12-23(29)26-22-10-15(3)28(27-22)14-17-7-8-18(24)13-19(17)25/h6-11,13H,4-5,12,14H2,1-3H3,(H,26,27,29). The van der Waals surface area contributed by atoms with E-state index < -0.39 is 0 Å². The number of halogens is 2. The molecule has 0 fully saturated rings. The van der Waals surface area contributed by atoms with Gasteiger partial charge in [0.1, 0.15) is 0 Å². The Labute approximate surface area is 192 Å². The van der Waals surface area contributed by atoms with E-state index in [2.05, 4.69) is 10.4 Å². The molecule has 0 saturated carbocycles. The molecule has 1 amide bonds. The monoisotopic (exact) mass is 461 g/mol. The zero-order valence-corrected chi connectivity index (χ0v) is 19.3. The lowest BCUT2D eigenvalue weighted by Crippen LogP contribution is -2.15. The van der Waals surface area contributed by atoms with Crippen molar-refractivity contribution < 1.29 is 14.3 Å². The summed E-state index contributed by atoms with van der Waals surface area (Å²) < 4.78 is 13.0. The summed E-state index contributed by atoms with van der Waals surface area (Å²) in [5.74, 6) is 1.63. The van der Waals surface area contributed by atoms with Crippen molar-refractivity contribution in [3.8, 4) is 11.5 Å². The number of hydrogen-bond donors (Lipinski definition) is 1. The number of nitrogens with one attached hydrogen (secondary N) is 1. The fourth-order valence-corrected chi connectivity index (χ4v) is 3.59. The second kappa shape index (κ2) is 10.6. The van der Waals surface area contributed by atoms with E-state index in [0.717, 1.165) is 16.8 Å². The van der Waals surface area contributed by atoms with Crippen molar-refractivity contribution in [2.45, 2.75) is 33.7 Å². The van der Waals surface area contributed by atoms with Crippen molar-refractivity contribution >= 4 is 34.9 Å². The number of rotatable bonds is 9. The van der Waals surface area contributed by atoms with Crippen molar-refractivity contribution in [1.29, 1.82) is 0 Å². The minimum absolute atomic E-state index is 0.166. The number of aromatic nitrogens is 2. The first kappa shape index (κ1) is 23.0. The van der Waals surface area contributed by atoms with Crippen LogP contribution in [-0.2, 0) is 17.8 Å². The van der Waals surface area contributed by atoms with Gasteiger partial charge in [-0.1, -0.05) is 35.3 Å². The first-order valence-corrected chi connectivity index (χ1v) is 10.8. The molecule has 0 saturated heterocycles. The highest BCUT2D eigenvalue weighted by atomic mass is 35.5. The van der Waals surface area contributed by atoms with E-state index in [9.17, 15) is 4.79 Å². The Hall–Kier alpha value is -2.70. The van der Waals surface area contributed by atoms with Crippen molar-refractivity contribution in [2.75, 3.05) is 18.5 Å². The van der Waals surface area contributed by atoms with Crippen molar-refractivity contribution in [3.05, 3.63) is 69.3 Å². The molecule has 1 aromatic heterocycles. The van der Waals surface area contributed by atoms with Gasteiger partial charge in [-0.15, -0.1) is 0 Å². The summed E-state index contributed by atoms with van der Waals surface area (Å²) in [4.78, 5) is 12.6. The van der Waals surface area contributed by atoms with Gasteiger partial charge in [0.05, 0.1) is 26.2 Å². The smallest absolute Gasteiger partial charge is 0.229 e. The van der Waals surface area contributed by atoms with Gasteiger partial charge in [-0.3, -0.25) is 9.48 Å².